The summed E-state index contributed by atoms with van der Waals surface area (Å²) in [6.45, 7) is 3.45. The maximum absolute atomic E-state index is 13.1. The van der Waals surface area contributed by atoms with Crippen molar-refractivity contribution in [2.75, 3.05) is 5.32 Å². The smallest absolute Gasteiger partial charge is 0.259 e. The lowest BCUT2D eigenvalue weighted by Gasteiger charge is -2.09. The van der Waals surface area contributed by atoms with E-state index in [0.29, 0.717) is 27.2 Å². The summed E-state index contributed by atoms with van der Waals surface area (Å²) < 4.78 is 18.8. The SMILES string of the molecule is Cc1cc(C(=O)Nc2c(Cl)cc(F)cc2Br)c(C)o1. The quantitative estimate of drug-likeness (QED) is 0.856. The van der Waals surface area contributed by atoms with E-state index in [9.17, 15) is 9.18 Å². The molecule has 1 heterocycles. The average molecular weight is 347 g/mol. The fraction of sp³-hybridized carbons (Fsp3) is 0.154. The van der Waals surface area contributed by atoms with Crippen LogP contribution in [0.1, 0.15) is 21.9 Å². The summed E-state index contributed by atoms with van der Waals surface area (Å²) in [5.41, 5.74) is 0.746. The van der Waals surface area contributed by atoms with Crippen LogP contribution in [0.5, 0.6) is 0 Å². The van der Waals surface area contributed by atoms with E-state index in [1.54, 1.807) is 19.9 Å². The zero-order valence-corrected chi connectivity index (χ0v) is 12.5. The topological polar surface area (TPSA) is 42.2 Å². The average Bonchev–Trinajstić information content (AvgIpc) is 2.62. The molecule has 0 saturated carbocycles. The zero-order chi connectivity index (χ0) is 14.2. The maximum Gasteiger partial charge on any atom is 0.259 e. The summed E-state index contributed by atoms with van der Waals surface area (Å²) in [5, 5.41) is 2.75. The second kappa shape index (κ2) is 5.35. The Hall–Kier alpha value is -1.33. The summed E-state index contributed by atoms with van der Waals surface area (Å²) >= 11 is 9.06. The van der Waals surface area contributed by atoms with Gasteiger partial charge in [-0.1, -0.05) is 11.6 Å². The van der Waals surface area contributed by atoms with E-state index in [0.717, 1.165) is 6.07 Å². The van der Waals surface area contributed by atoms with Crippen molar-refractivity contribution in [1.82, 2.24) is 0 Å². The molecule has 1 aromatic carbocycles. The monoisotopic (exact) mass is 345 g/mol. The Balaban J connectivity index is 2.32. The fourth-order valence-electron chi connectivity index (χ4n) is 1.70. The molecule has 6 heteroatoms. The van der Waals surface area contributed by atoms with Gasteiger partial charge in [0.05, 0.1) is 16.3 Å². The van der Waals surface area contributed by atoms with Gasteiger partial charge in [-0.15, -0.1) is 0 Å². The number of anilines is 1. The Labute approximate surface area is 122 Å². The third kappa shape index (κ3) is 2.98. The highest BCUT2D eigenvalue weighted by Crippen LogP contribution is 2.32. The molecule has 19 heavy (non-hydrogen) atoms. The van der Waals surface area contributed by atoms with E-state index in [1.807, 2.05) is 0 Å². The van der Waals surface area contributed by atoms with Crippen LogP contribution in [0.3, 0.4) is 0 Å². The van der Waals surface area contributed by atoms with Gasteiger partial charge in [0.1, 0.15) is 17.3 Å². The summed E-state index contributed by atoms with van der Waals surface area (Å²) in [4.78, 5) is 12.1. The third-order valence-corrected chi connectivity index (χ3v) is 3.45. The van der Waals surface area contributed by atoms with Crippen LogP contribution in [0, 0.1) is 19.7 Å². The number of benzene rings is 1. The Kier molecular flexibility index (Phi) is 3.96. The van der Waals surface area contributed by atoms with Crippen molar-refractivity contribution in [3.05, 3.63) is 50.6 Å². The number of halogens is 3. The molecule has 0 aliphatic heterocycles. The van der Waals surface area contributed by atoms with E-state index in [4.69, 9.17) is 16.0 Å². The zero-order valence-electron chi connectivity index (χ0n) is 10.2. The summed E-state index contributed by atoms with van der Waals surface area (Å²) in [6.07, 6.45) is 0. The molecular weight excluding hydrogens is 337 g/mol. The minimum absolute atomic E-state index is 0.123. The van der Waals surface area contributed by atoms with Crippen molar-refractivity contribution >= 4 is 39.1 Å². The molecule has 0 aliphatic rings. The first-order chi connectivity index (χ1) is 8.88. The Morgan fingerprint density at radius 2 is 2.05 bits per heavy atom. The molecule has 100 valence electrons. The second-order valence-corrected chi connectivity index (χ2v) is 5.29. The van der Waals surface area contributed by atoms with Crippen molar-refractivity contribution < 1.29 is 13.6 Å². The molecule has 0 unspecified atom stereocenters. The van der Waals surface area contributed by atoms with E-state index in [-0.39, 0.29) is 10.9 Å². The van der Waals surface area contributed by atoms with Crippen LogP contribution >= 0.6 is 27.5 Å². The number of amides is 1. The lowest BCUT2D eigenvalue weighted by molar-refractivity contribution is 0.102. The number of aryl methyl sites for hydroxylation is 2. The van der Waals surface area contributed by atoms with Crippen molar-refractivity contribution in [2.45, 2.75) is 13.8 Å². The third-order valence-electron chi connectivity index (χ3n) is 2.53. The largest absolute Gasteiger partial charge is 0.466 e. The molecule has 0 radical (unpaired) electrons. The first-order valence-corrected chi connectivity index (χ1v) is 6.58. The minimum atomic E-state index is -0.481. The van der Waals surface area contributed by atoms with Crippen molar-refractivity contribution in [3.8, 4) is 0 Å². The molecule has 1 aromatic heterocycles. The van der Waals surface area contributed by atoms with Crippen LogP contribution in [0.2, 0.25) is 5.02 Å². The van der Waals surface area contributed by atoms with Crippen LogP contribution in [-0.2, 0) is 0 Å². The van der Waals surface area contributed by atoms with Gasteiger partial charge >= 0.3 is 0 Å². The van der Waals surface area contributed by atoms with Gasteiger partial charge in [0.25, 0.3) is 5.91 Å². The number of hydrogen-bond donors (Lipinski definition) is 1. The van der Waals surface area contributed by atoms with Crippen LogP contribution in [0.4, 0.5) is 10.1 Å². The molecule has 1 amide bonds. The summed E-state index contributed by atoms with van der Waals surface area (Å²) in [5.74, 6) is 0.324. The van der Waals surface area contributed by atoms with Gasteiger partial charge < -0.3 is 9.73 Å². The Morgan fingerprint density at radius 3 is 2.58 bits per heavy atom. The number of carbonyl (C=O) groups is 1. The van der Waals surface area contributed by atoms with Crippen LogP contribution in [-0.4, -0.2) is 5.91 Å². The first-order valence-electron chi connectivity index (χ1n) is 5.41. The molecule has 1 N–H and O–H groups in total. The highest BCUT2D eigenvalue weighted by atomic mass is 79.9. The predicted molar refractivity (Wildman–Crippen MR) is 75.2 cm³/mol. The minimum Gasteiger partial charge on any atom is -0.466 e. The maximum atomic E-state index is 13.1. The van der Waals surface area contributed by atoms with Gasteiger partial charge in [0, 0.05) is 4.47 Å². The lowest BCUT2D eigenvalue weighted by atomic mass is 10.2. The van der Waals surface area contributed by atoms with E-state index >= 15 is 0 Å². The van der Waals surface area contributed by atoms with Crippen molar-refractivity contribution in [3.63, 3.8) is 0 Å². The van der Waals surface area contributed by atoms with Crippen LogP contribution in [0.15, 0.2) is 27.1 Å². The molecule has 0 spiro atoms. The van der Waals surface area contributed by atoms with Crippen LogP contribution < -0.4 is 5.32 Å². The fourth-order valence-corrected chi connectivity index (χ4v) is 2.60. The number of furan rings is 1. The highest BCUT2D eigenvalue weighted by Gasteiger charge is 2.17. The van der Waals surface area contributed by atoms with Gasteiger partial charge in [0.2, 0.25) is 0 Å². The highest BCUT2D eigenvalue weighted by molar-refractivity contribution is 9.10. The molecule has 0 bridgehead atoms. The Bertz CT molecular complexity index is 631. The van der Waals surface area contributed by atoms with Gasteiger partial charge in [-0.05, 0) is 48.0 Å². The molecule has 0 fully saturated rings. The first kappa shape index (κ1) is 14.1. The van der Waals surface area contributed by atoms with E-state index in [1.165, 1.54) is 6.07 Å². The van der Waals surface area contributed by atoms with E-state index in [2.05, 4.69) is 21.2 Å². The van der Waals surface area contributed by atoms with Gasteiger partial charge in [-0.25, -0.2) is 4.39 Å². The van der Waals surface area contributed by atoms with Gasteiger partial charge in [-0.3, -0.25) is 4.79 Å². The van der Waals surface area contributed by atoms with Gasteiger partial charge in [0.15, 0.2) is 0 Å². The molecule has 0 atom stereocenters. The molecule has 0 aliphatic carbocycles. The summed E-state index contributed by atoms with van der Waals surface area (Å²) in [7, 11) is 0. The normalized spacial score (nSPS) is 10.6. The lowest BCUT2D eigenvalue weighted by Crippen LogP contribution is -2.13. The molecular formula is C13H10BrClFNO2. The van der Waals surface area contributed by atoms with Gasteiger partial charge in [-0.2, -0.15) is 0 Å². The standard InChI is InChI=1S/C13H10BrClFNO2/c1-6-3-9(7(2)19-6)13(18)17-12-10(14)4-8(16)5-11(12)15/h3-5H,1-2H3,(H,17,18). The number of hydrogen-bond acceptors (Lipinski definition) is 2. The number of rotatable bonds is 2. The number of nitrogens with one attached hydrogen (secondary N) is 1. The van der Waals surface area contributed by atoms with Crippen molar-refractivity contribution in [1.29, 1.82) is 0 Å². The van der Waals surface area contributed by atoms with Crippen molar-refractivity contribution in [2.24, 2.45) is 0 Å². The second-order valence-electron chi connectivity index (χ2n) is 4.03. The Morgan fingerprint density at radius 1 is 1.37 bits per heavy atom. The van der Waals surface area contributed by atoms with E-state index < -0.39 is 5.82 Å². The molecule has 2 aromatic rings. The molecule has 2 rings (SSSR count). The molecule has 0 saturated heterocycles. The number of carbonyl (C=O) groups excluding carboxylic acids is 1. The van der Waals surface area contributed by atoms with Crippen LogP contribution in [0.25, 0.3) is 0 Å². The predicted octanol–water partition coefficient (Wildman–Crippen LogP) is 4.70. The summed E-state index contributed by atoms with van der Waals surface area (Å²) in [6, 6.07) is 4.00. The molecule has 3 nitrogen and oxygen atoms in total.